The predicted molar refractivity (Wildman–Crippen MR) is 124 cm³/mol. The molecular formula is C27H32O4. The van der Waals surface area contributed by atoms with Crippen molar-refractivity contribution in [3.8, 4) is 0 Å². The molecule has 0 radical (unpaired) electrons. The first-order valence-corrected chi connectivity index (χ1v) is 10.7. The third-order valence-electron chi connectivity index (χ3n) is 5.13. The quantitative estimate of drug-likeness (QED) is 0.260. The van der Waals surface area contributed by atoms with E-state index in [0.29, 0.717) is 24.0 Å². The Labute approximate surface area is 185 Å². The van der Waals surface area contributed by atoms with E-state index in [-0.39, 0.29) is 17.3 Å². The number of carbonyl (C=O) groups is 3. The molecule has 2 rings (SSSR count). The van der Waals surface area contributed by atoms with Crippen LogP contribution in [0, 0.1) is 6.92 Å². The van der Waals surface area contributed by atoms with Gasteiger partial charge in [-0.2, -0.15) is 0 Å². The molecular weight excluding hydrogens is 388 g/mol. The van der Waals surface area contributed by atoms with Crippen LogP contribution in [-0.2, 0) is 20.8 Å². The molecule has 0 amide bonds. The molecule has 4 nitrogen and oxygen atoms in total. The Hall–Kier alpha value is -3.01. The van der Waals surface area contributed by atoms with Gasteiger partial charge < -0.3 is 4.42 Å². The Balaban J connectivity index is 1.80. The SMILES string of the molecule is CC1=CC(=O)C=C(C/C=C(\C)CC(=O)/C=C(\C)CC/C=C(\C)Cc2cc(C)co2)C1=O. The van der Waals surface area contributed by atoms with E-state index in [4.69, 9.17) is 4.42 Å². The molecule has 1 aromatic rings. The molecule has 0 N–H and O–H groups in total. The topological polar surface area (TPSA) is 64.3 Å². The summed E-state index contributed by atoms with van der Waals surface area (Å²) in [6.45, 7) is 9.60. The van der Waals surface area contributed by atoms with E-state index < -0.39 is 0 Å². The molecule has 4 heteroatoms. The van der Waals surface area contributed by atoms with Crippen molar-refractivity contribution in [2.45, 2.75) is 66.7 Å². The van der Waals surface area contributed by atoms with Crippen molar-refractivity contribution in [1.82, 2.24) is 0 Å². The number of hydrogen-bond donors (Lipinski definition) is 0. The number of furan rings is 1. The minimum absolute atomic E-state index is 0.0501. The number of allylic oxidation sites excluding steroid dienone is 10. The normalized spacial score (nSPS) is 15.8. The summed E-state index contributed by atoms with van der Waals surface area (Å²) in [7, 11) is 0. The van der Waals surface area contributed by atoms with Crippen LogP contribution in [0.3, 0.4) is 0 Å². The average molecular weight is 421 g/mol. The van der Waals surface area contributed by atoms with Gasteiger partial charge in [0.2, 0.25) is 0 Å². The summed E-state index contributed by atoms with van der Waals surface area (Å²) < 4.78 is 5.48. The molecule has 0 atom stereocenters. The first kappa shape index (κ1) is 24.3. The molecule has 0 saturated heterocycles. The molecule has 0 fully saturated rings. The standard InChI is InChI=1S/C27H32O4/c1-18(7-6-8-19(2)13-26-14-21(4)17-31-26)11-24(28)12-20(3)9-10-23-16-25(29)15-22(5)27(23)30/h8-9,11,14-17H,6-7,10,12-13H2,1-5H3/b18-11+,19-8+,20-9+. The van der Waals surface area contributed by atoms with Crippen LogP contribution in [-0.4, -0.2) is 17.3 Å². The molecule has 1 aliphatic carbocycles. The third kappa shape index (κ3) is 8.33. The maximum atomic E-state index is 12.3. The van der Waals surface area contributed by atoms with Crippen LogP contribution in [0.25, 0.3) is 0 Å². The fourth-order valence-corrected chi connectivity index (χ4v) is 3.47. The molecule has 31 heavy (non-hydrogen) atoms. The van der Waals surface area contributed by atoms with E-state index in [1.54, 1.807) is 19.3 Å². The lowest BCUT2D eigenvalue weighted by Crippen LogP contribution is -2.12. The molecule has 0 saturated carbocycles. The van der Waals surface area contributed by atoms with Crippen LogP contribution in [0.4, 0.5) is 0 Å². The van der Waals surface area contributed by atoms with Gasteiger partial charge in [0.1, 0.15) is 5.76 Å². The van der Waals surface area contributed by atoms with Crippen LogP contribution in [0.1, 0.15) is 64.7 Å². The second kappa shape index (κ2) is 11.4. The van der Waals surface area contributed by atoms with Crippen molar-refractivity contribution in [2.24, 2.45) is 0 Å². The van der Waals surface area contributed by atoms with Gasteiger partial charge in [0.15, 0.2) is 17.3 Å². The highest BCUT2D eigenvalue weighted by molar-refractivity contribution is 6.20. The second-order valence-electron chi connectivity index (χ2n) is 8.47. The first-order chi connectivity index (χ1) is 14.6. The Kier molecular flexibility index (Phi) is 8.92. The number of carbonyl (C=O) groups excluding carboxylic acids is 3. The van der Waals surface area contributed by atoms with Gasteiger partial charge >= 0.3 is 0 Å². The lowest BCUT2D eigenvalue weighted by Gasteiger charge is -2.09. The summed E-state index contributed by atoms with van der Waals surface area (Å²) in [5, 5.41) is 0. The average Bonchev–Trinajstić information content (AvgIpc) is 3.07. The van der Waals surface area contributed by atoms with Gasteiger partial charge in [-0.3, -0.25) is 14.4 Å². The summed E-state index contributed by atoms with van der Waals surface area (Å²) in [6.07, 6.45) is 13.5. The van der Waals surface area contributed by atoms with Crippen LogP contribution in [0.15, 0.2) is 75.0 Å². The van der Waals surface area contributed by atoms with Gasteiger partial charge in [-0.1, -0.05) is 28.9 Å². The largest absolute Gasteiger partial charge is 0.469 e. The van der Waals surface area contributed by atoms with Crippen molar-refractivity contribution in [3.05, 3.63) is 81.9 Å². The van der Waals surface area contributed by atoms with Crippen molar-refractivity contribution >= 4 is 17.3 Å². The maximum absolute atomic E-state index is 12.3. The molecule has 0 bridgehead atoms. The lowest BCUT2D eigenvalue weighted by atomic mass is 9.94. The van der Waals surface area contributed by atoms with Crippen LogP contribution in [0.5, 0.6) is 0 Å². The molecule has 164 valence electrons. The molecule has 1 aromatic heterocycles. The molecule has 0 unspecified atom stereocenters. The van der Waals surface area contributed by atoms with E-state index in [0.717, 1.165) is 41.7 Å². The van der Waals surface area contributed by atoms with Gasteiger partial charge in [0, 0.05) is 24.0 Å². The van der Waals surface area contributed by atoms with Gasteiger partial charge in [-0.05, 0) is 83.7 Å². The molecule has 0 spiro atoms. The maximum Gasteiger partial charge on any atom is 0.185 e. The zero-order valence-electron chi connectivity index (χ0n) is 19.2. The van der Waals surface area contributed by atoms with Crippen LogP contribution in [0.2, 0.25) is 0 Å². The summed E-state index contributed by atoms with van der Waals surface area (Å²) in [5.74, 6) is 0.763. The Morgan fingerprint density at radius 3 is 2.42 bits per heavy atom. The van der Waals surface area contributed by atoms with Crippen molar-refractivity contribution in [2.75, 3.05) is 0 Å². The Morgan fingerprint density at radius 2 is 1.74 bits per heavy atom. The van der Waals surface area contributed by atoms with Gasteiger partial charge in [-0.25, -0.2) is 0 Å². The van der Waals surface area contributed by atoms with E-state index >= 15 is 0 Å². The third-order valence-corrected chi connectivity index (χ3v) is 5.13. The minimum Gasteiger partial charge on any atom is -0.469 e. The number of ketones is 3. The summed E-state index contributed by atoms with van der Waals surface area (Å²) in [4.78, 5) is 36.0. The van der Waals surface area contributed by atoms with E-state index in [1.165, 1.54) is 17.7 Å². The minimum atomic E-state index is -0.156. The smallest absolute Gasteiger partial charge is 0.185 e. The molecule has 0 aliphatic heterocycles. The van der Waals surface area contributed by atoms with E-state index in [2.05, 4.69) is 13.0 Å². The summed E-state index contributed by atoms with van der Waals surface area (Å²) in [5.41, 5.74) is 5.27. The number of rotatable bonds is 10. The van der Waals surface area contributed by atoms with Crippen LogP contribution >= 0.6 is 0 Å². The van der Waals surface area contributed by atoms with Crippen molar-refractivity contribution in [1.29, 1.82) is 0 Å². The van der Waals surface area contributed by atoms with Crippen molar-refractivity contribution < 1.29 is 18.8 Å². The summed E-state index contributed by atoms with van der Waals surface area (Å²) in [6, 6.07) is 2.05. The molecule has 1 heterocycles. The predicted octanol–water partition coefficient (Wildman–Crippen LogP) is 6.12. The zero-order valence-corrected chi connectivity index (χ0v) is 19.2. The van der Waals surface area contributed by atoms with Crippen molar-refractivity contribution in [3.63, 3.8) is 0 Å². The van der Waals surface area contributed by atoms with E-state index in [9.17, 15) is 14.4 Å². The van der Waals surface area contributed by atoms with Gasteiger partial charge in [0.05, 0.1) is 6.26 Å². The second-order valence-corrected chi connectivity index (χ2v) is 8.47. The highest BCUT2D eigenvalue weighted by Gasteiger charge is 2.17. The lowest BCUT2D eigenvalue weighted by molar-refractivity contribution is -0.115. The number of aryl methyl sites for hydroxylation is 1. The fraction of sp³-hybridized carbons (Fsp3) is 0.370. The van der Waals surface area contributed by atoms with E-state index in [1.807, 2.05) is 32.9 Å². The highest BCUT2D eigenvalue weighted by atomic mass is 16.3. The van der Waals surface area contributed by atoms with Gasteiger partial charge in [0.25, 0.3) is 0 Å². The van der Waals surface area contributed by atoms with Gasteiger partial charge in [-0.15, -0.1) is 0 Å². The summed E-state index contributed by atoms with van der Waals surface area (Å²) >= 11 is 0. The molecule has 1 aliphatic rings. The fourth-order valence-electron chi connectivity index (χ4n) is 3.47. The Bertz CT molecular complexity index is 1010. The first-order valence-electron chi connectivity index (χ1n) is 10.7. The zero-order chi connectivity index (χ0) is 23.0. The monoisotopic (exact) mass is 420 g/mol. The highest BCUT2D eigenvalue weighted by Crippen LogP contribution is 2.18. The number of hydrogen-bond acceptors (Lipinski definition) is 4. The van der Waals surface area contributed by atoms with Crippen LogP contribution < -0.4 is 0 Å². The number of Topliss-reactive ketones (excluding diaryl/α,β-unsaturated/α-hetero) is 1. The Morgan fingerprint density at radius 1 is 1.00 bits per heavy atom. The molecule has 0 aromatic carbocycles.